The third-order valence-corrected chi connectivity index (χ3v) is 2.13. The lowest BCUT2D eigenvalue weighted by Crippen LogP contribution is -1.99. The van der Waals surface area contributed by atoms with Crippen LogP contribution in [0.1, 0.15) is 24.5 Å². The highest BCUT2D eigenvalue weighted by Gasteiger charge is 1.99. The maximum Gasteiger partial charge on any atom is 0.122 e. The van der Waals surface area contributed by atoms with E-state index in [1.807, 2.05) is 6.92 Å². The lowest BCUT2D eigenvalue weighted by atomic mass is 10.1. The van der Waals surface area contributed by atoms with Gasteiger partial charge in [0, 0.05) is 6.42 Å². The first kappa shape index (κ1) is 10.8. The van der Waals surface area contributed by atoms with Crippen LogP contribution in [0.25, 0.3) is 0 Å². The lowest BCUT2D eigenvalue weighted by molar-refractivity contribution is 0.319. The highest BCUT2D eigenvalue weighted by Crippen LogP contribution is 2.19. The van der Waals surface area contributed by atoms with Crippen LogP contribution in [0.3, 0.4) is 0 Å². The van der Waals surface area contributed by atoms with Gasteiger partial charge < -0.3 is 4.74 Å². The van der Waals surface area contributed by atoms with E-state index in [1.165, 1.54) is 11.1 Å². The summed E-state index contributed by atoms with van der Waals surface area (Å²) in [6.45, 7) is 10.7. The zero-order valence-electron chi connectivity index (χ0n) is 9.26. The highest BCUT2D eigenvalue weighted by molar-refractivity contribution is 5.35. The third-order valence-electron chi connectivity index (χ3n) is 2.13. The number of rotatable bonds is 4. The topological polar surface area (TPSA) is 9.23 Å². The Labute approximate surface area is 86.4 Å². The van der Waals surface area contributed by atoms with E-state index in [-0.39, 0.29) is 0 Å². The Morgan fingerprint density at radius 2 is 2.07 bits per heavy atom. The van der Waals surface area contributed by atoms with Gasteiger partial charge in [-0.05, 0) is 38.0 Å². The monoisotopic (exact) mass is 190 g/mol. The van der Waals surface area contributed by atoms with Crippen molar-refractivity contribution >= 4 is 0 Å². The smallest absolute Gasteiger partial charge is 0.122 e. The van der Waals surface area contributed by atoms with Crippen molar-refractivity contribution in [3.05, 3.63) is 41.5 Å². The zero-order chi connectivity index (χ0) is 10.6. The largest absolute Gasteiger partial charge is 0.493 e. The first-order chi connectivity index (χ1) is 6.59. The predicted octanol–water partition coefficient (Wildman–Crippen LogP) is 3.65. The maximum atomic E-state index is 5.67. The molecule has 0 aromatic heterocycles. The molecule has 1 aromatic carbocycles. The minimum Gasteiger partial charge on any atom is -0.493 e. The van der Waals surface area contributed by atoms with Gasteiger partial charge >= 0.3 is 0 Å². The van der Waals surface area contributed by atoms with E-state index in [1.54, 1.807) is 0 Å². The summed E-state index contributed by atoms with van der Waals surface area (Å²) in [4.78, 5) is 0. The summed E-state index contributed by atoms with van der Waals surface area (Å²) in [7, 11) is 0. The molecule has 0 saturated heterocycles. The fourth-order valence-corrected chi connectivity index (χ4v) is 1.20. The molecule has 1 heteroatoms. The first-order valence-corrected chi connectivity index (χ1v) is 4.94. The molecule has 0 aliphatic carbocycles. The van der Waals surface area contributed by atoms with Crippen molar-refractivity contribution in [2.45, 2.75) is 27.2 Å². The summed E-state index contributed by atoms with van der Waals surface area (Å²) in [6, 6.07) is 6.26. The molecular weight excluding hydrogens is 172 g/mol. The normalized spacial score (nSPS) is 9.93. The molecule has 1 aromatic rings. The molecule has 76 valence electrons. The summed E-state index contributed by atoms with van der Waals surface area (Å²) in [5.74, 6) is 0.992. The van der Waals surface area contributed by atoms with Gasteiger partial charge in [0.05, 0.1) is 6.61 Å². The van der Waals surface area contributed by atoms with E-state index < -0.39 is 0 Å². The van der Waals surface area contributed by atoms with Crippen molar-refractivity contribution in [1.82, 2.24) is 0 Å². The number of aryl methyl sites for hydroxylation is 2. The quantitative estimate of drug-likeness (QED) is 0.658. The van der Waals surface area contributed by atoms with E-state index in [0.717, 1.165) is 24.4 Å². The van der Waals surface area contributed by atoms with Crippen molar-refractivity contribution in [2.24, 2.45) is 0 Å². The molecule has 0 fully saturated rings. The van der Waals surface area contributed by atoms with Gasteiger partial charge in [0.2, 0.25) is 0 Å². The number of ether oxygens (including phenoxy) is 1. The van der Waals surface area contributed by atoms with E-state index in [9.17, 15) is 0 Å². The van der Waals surface area contributed by atoms with E-state index in [0.29, 0.717) is 0 Å². The molecule has 0 aliphatic heterocycles. The van der Waals surface area contributed by atoms with Gasteiger partial charge in [-0.1, -0.05) is 17.7 Å². The van der Waals surface area contributed by atoms with Crippen molar-refractivity contribution in [1.29, 1.82) is 0 Å². The average Bonchev–Trinajstić information content (AvgIpc) is 2.10. The summed E-state index contributed by atoms with van der Waals surface area (Å²) in [5, 5.41) is 0. The van der Waals surface area contributed by atoms with Crippen molar-refractivity contribution in [3.8, 4) is 5.75 Å². The molecule has 0 spiro atoms. The molecule has 1 rings (SSSR count). The Bertz CT molecular complexity index is 326. The molecule has 0 aliphatic rings. The minimum atomic E-state index is 0.722. The molecular formula is C13H18O. The highest BCUT2D eigenvalue weighted by atomic mass is 16.5. The van der Waals surface area contributed by atoms with Gasteiger partial charge in [-0.3, -0.25) is 0 Å². The van der Waals surface area contributed by atoms with Crippen LogP contribution in [0.2, 0.25) is 0 Å². The second-order valence-electron chi connectivity index (χ2n) is 3.82. The maximum absolute atomic E-state index is 5.67. The van der Waals surface area contributed by atoms with Crippen LogP contribution in [0, 0.1) is 13.8 Å². The molecule has 0 radical (unpaired) electrons. The standard InChI is InChI=1S/C13H18O/c1-10(2)7-8-14-13-9-11(3)5-6-12(13)4/h5-6,9H,1,7-8H2,2-4H3. The fourth-order valence-electron chi connectivity index (χ4n) is 1.20. The molecule has 0 atom stereocenters. The van der Waals surface area contributed by atoms with Crippen molar-refractivity contribution in [3.63, 3.8) is 0 Å². The Morgan fingerprint density at radius 3 is 2.71 bits per heavy atom. The van der Waals surface area contributed by atoms with E-state index >= 15 is 0 Å². The van der Waals surface area contributed by atoms with E-state index in [2.05, 4.69) is 38.6 Å². The van der Waals surface area contributed by atoms with Crippen LogP contribution in [0.5, 0.6) is 5.75 Å². The van der Waals surface area contributed by atoms with Gasteiger partial charge in [-0.2, -0.15) is 0 Å². The molecule has 0 saturated carbocycles. The second kappa shape index (κ2) is 4.85. The Kier molecular flexibility index (Phi) is 3.75. The summed E-state index contributed by atoms with van der Waals surface area (Å²) < 4.78 is 5.67. The van der Waals surface area contributed by atoms with Crippen LogP contribution in [0.4, 0.5) is 0 Å². The third kappa shape index (κ3) is 3.25. The fraction of sp³-hybridized carbons (Fsp3) is 0.385. The molecule has 0 amide bonds. The molecule has 1 nitrogen and oxygen atoms in total. The van der Waals surface area contributed by atoms with E-state index in [4.69, 9.17) is 4.74 Å². The lowest BCUT2D eigenvalue weighted by Gasteiger charge is -2.09. The number of hydrogen-bond acceptors (Lipinski definition) is 1. The van der Waals surface area contributed by atoms with Crippen LogP contribution in [-0.2, 0) is 0 Å². The van der Waals surface area contributed by atoms with Gasteiger partial charge in [-0.15, -0.1) is 6.58 Å². The van der Waals surface area contributed by atoms with Crippen molar-refractivity contribution in [2.75, 3.05) is 6.61 Å². The molecule has 0 heterocycles. The Morgan fingerprint density at radius 1 is 1.36 bits per heavy atom. The van der Waals surface area contributed by atoms with Crippen LogP contribution in [-0.4, -0.2) is 6.61 Å². The molecule has 0 unspecified atom stereocenters. The van der Waals surface area contributed by atoms with Gasteiger partial charge in [0.15, 0.2) is 0 Å². The van der Waals surface area contributed by atoms with Gasteiger partial charge in [0.25, 0.3) is 0 Å². The number of hydrogen-bond donors (Lipinski definition) is 0. The second-order valence-corrected chi connectivity index (χ2v) is 3.82. The Hall–Kier alpha value is -1.24. The van der Waals surface area contributed by atoms with Gasteiger partial charge in [0.1, 0.15) is 5.75 Å². The summed E-state index contributed by atoms with van der Waals surface area (Å²) in [6.07, 6.45) is 0.924. The molecule has 0 bridgehead atoms. The van der Waals surface area contributed by atoms with Crippen LogP contribution < -0.4 is 4.74 Å². The average molecular weight is 190 g/mol. The summed E-state index contributed by atoms with van der Waals surface area (Å²) in [5.41, 5.74) is 3.59. The first-order valence-electron chi connectivity index (χ1n) is 4.94. The van der Waals surface area contributed by atoms with Crippen LogP contribution in [0.15, 0.2) is 30.4 Å². The van der Waals surface area contributed by atoms with Gasteiger partial charge in [-0.25, -0.2) is 0 Å². The minimum absolute atomic E-state index is 0.722. The number of benzene rings is 1. The summed E-state index contributed by atoms with van der Waals surface area (Å²) >= 11 is 0. The Balaban J connectivity index is 2.57. The van der Waals surface area contributed by atoms with Crippen LogP contribution >= 0.6 is 0 Å². The molecule has 14 heavy (non-hydrogen) atoms. The molecule has 0 N–H and O–H groups in total. The predicted molar refractivity (Wildman–Crippen MR) is 60.8 cm³/mol. The van der Waals surface area contributed by atoms with Crippen molar-refractivity contribution < 1.29 is 4.74 Å². The zero-order valence-corrected chi connectivity index (χ0v) is 9.26. The SMILES string of the molecule is C=C(C)CCOc1cc(C)ccc1C.